The molecule has 19 heavy (non-hydrogen) atoms. The Labute approximate surface area is 127 Å². The molecule has 0 bridgehead atoms. The third kappa shape index (κ3) is 3.19. The van der Waals surface area contributed by atoms with Gasteiger partial charge in [0.2, 0.25) is 0 Å². The molecular weight excluding hydrogens is 354 g/mol. The summed E-state index contributed by atoms with van der Waals surface area (Å²) in [6.07, 6.45) is 0. The summed E-state index contributed by atoms with van der Waals surface area (Å²) in [6.45, 7) is 0. The van der Waals surface area contributed by atoms with Crippen molar-refractivity contribution >= 4 is 50.5 Å². The second-order valence-corrected chi connectivity index (χ2v) is 5.34. The third-order valence-corrected chi connectivity index (χ3v) is 3.62. The second-order valence-electron chi connectivity index (χ2n) is 3.68. The van der Waals surface area contributed by atoms with Crippen LogP contribution in [0.15, 0.2) is 34.8 Å². The van der Waals surface area contributed by atoms with Crippen LogP contribution in [0.1, 0.15) is 5.56 Å². The molecule has 0 spiro atoms. The molecule has 0 unspecified atom stereocenters. The zero-order valence-corrected chi connectivity index (χ0v) is 12.4. The Morgan fingerprint density at radius 2 is 1.79 bits per heavy atom. The zero-order valence-electron chi connectivity index (χ0n) is 9.35. The monoisotopic (exact) mass is 358 g/mol. The summed E-state index contributed by atoms with van der Waals surface area (Å²) in [7, 11) is 0. The summed E-state index contributed by atoms with van der Waals surface area (Å²) in [6, 6.07) is 9.40. The highest BCUT2D eigenvalue weighted by Gasteiger charge is 2.10. The number of nitriles is 1. The van der Waals surface area contributed by atoms with Crippen molar-refractivity contribution in [1.29, 1.82) is 5.26 Å². The van der Waals surface area contributed by atoms with Gasteiger partial charge in [-0.15, -0.1) is 0 Å². The molecule has 0 atom stereocenters. The maximum atomic E-state index is 13.1. The molecule has 0 fully saturated rings. The van der Waals surface area contributed by atoms with E-state index in [0.717, 1.165) is 0 Å². The number of nitrogens with zero attached hydrogens (tertiary/aromatic N) is 1. The number of nitrogens with one attached hydrogen (secondary N) is 1. The minimum atomic E-state index is -0.501. The first-order valence-electron chi connectivity index (χ1n) is 5.12. The number of halogens is 4. The molecule has 6 heteroatoms. The Morgan fingerprint density at radius 1 is 1.16 bits per heavy atom. The first kappa shape index (κ1) is 14.1. The highest BCUT2D eigenvalue weighted by atomic mass is 79.9. The summed E-state index contributed by atoms with van der Waals surface area (Å²) in [5.74, 6) is -0.501. The number of hydrogen-bond donors (Lipinski definition) is 1. The molecule has 0 radical (unpaired) electrons. The molecule has 1 N–H and O–H groups in total. The van der Waals surface area contributed by atoms with Gasteiger partial charge in [0.1, 0.15) is 5.82 Å². The average molecular weight is 360 g/mol. The van der Waals surface area contributed by atoms with E-state index in [1.54, 1.807) is 18.2 Å². The largest absolute Gasteiger partial charge is 0.352 e. The fourth-order valence-corrected chi connectivity index (χ4v) is 2.52. The van der Waals surface area contributed by atoms with E-state index in [0.29, 0.717) is 21.4 Å². The van der Waals surface area contributed by atoms with Gasteiger partial charge in [-0.25, -0.2) is 4.39 Å². The molecule has 2 rings (SSSR count). The van der Waals surface area contributed by atoms with Crippen molar-refractivity contribution in [3.05, 3.63) is 56.2 Å². The van der Waals surface area contributed by atoms with E-state index in [1.807, 2.05) is 6.07 Å². The van der Waals surface area contributed by atoms with E-state index in [-0.39, 0.29) is 10.0 Å². The summed E-state index contributed by atoms with van der Waals surface area (Å²) >= 11 is 15.2. The molecule has 2 aromatic carbocycles. The first-order chi connectivity index (χ1) is 9.01. The van der Waals surface area contributed by atoms with E-state index in [1.165, 1.54) is 12.1 Å². The van der Waals surface area contributed by atoms with Crippen molar-refractivity contribution < 1.29 is 4.39 Å². The van der Waals surface area contributed by atoms with E-state index in [4.69, 9.17) is 28.5 Å². The molecule has 0 amide bonds. The second kappa shape index (κ2) is 5.79. The van der Waals surface area contributed by atoms with Crippen molar-refractivity contribution in [2.24, 2.45) is 0 Å². The maximum absolute atomic E-state index is 13.1. The van der Waals surface area contributed by atoms with E-state index in [9.17, 15) is 4.39 Å². The van der Waals surface area contributed by atoms with Crippen LogP contribution in [0, 0.1) is 17.1 Å². The molecule has 0 aliphatic heterocycles. The van der Waals surface area contributed by atoms with Gasteiger partial charge in [0.15, 0.2) is 0 Å². The smallest absolute Gasteiger partial charge is 0.126 e. The van der Waals surface area contributed by atoms with E-state index >= 15 is 0 Å². The molecule has 0 saturated carbocycles. The molecule has 96 valence electrons. The highest BCUT2D eigenvalue weighted by Crippen LogP contribution is 2.36. The Balaban J connectivity index is 2.40. The van der Waals surface area contributed by atoms with Crippen molar-refractivity contribution in [1.82, 2.24) is 0 Å². The topological polar surface area (TPSA) is 35.8 Å². The Hall–Kier alpha value is -1.28. The Bertz CT molecular complexity index is 660. The normalized spacial score (nSPS) is 10.1. The van der Waals surface area contributed by atoms with Crippen LogP contribution in [-0.4, -0.2) is 0 Å². The number of rotatable bonds is 2. The number of hydrogen-bond acceptors (Lipinski definition) is 2. The molecule has 0 aromatic heterocycles. The standard InChI is InChI=1S/C13H6BrCl2FN2/c14-9-3-7(6-18)1-2-12(9)19-13-10(15)4-8(17)5-11(13)16/h1-5,19H. The summed E-state index contributed by atoms with van der Waals surface area (Å²) < 4.78 is 13.8. The highest BCUT2D eigenvalue weighted by molar-refractivity contribution is 9.10. The van der Waals surface area contributed by atoms with Crippen LogP contribution in [-0.2, 0) is 0 Å². The van der Waals surface area contributed by atoms with E-state index < -0.39 is 5.82 Å². The Morgan fingerprint density at radius 3 is 2.32 bits per heavy atom. The first-order valence-corrected chi connectivity index (χ1v) is 6.67. The lowest BCUT2D eigenvalue weighted by atomic mass is 10.2. The lowest BCUT2D eigenvalue weighted by molar-refractivity contribution is 0.628. The van der Waals surface area contributed by atoms with Gasteiger partial charge in [0.05, 0.1) is 33.1 Å². The summed E-state index contributed by atoms with van der Waals surface area (Å²) in [5, 5.41) is 12.2. The van der Waals surface area contributed by atoms with Gasteiger partial charge in [-0.2, -0.15) is 5.26 Å². The van der Waals surface area contributed by atoms with Crippen LogP contribution in [0.4, 0.5) is 15.8 Å². The maximum Gasteiger partial charge on any atom is 0.126 e. The molecule has 0 aliphatic rings. The molecule has 0 heterocycles. The van der Waals surface area contributed by atoms with Gasteiger partial charge in [-0.1, -0.05) is 23.2 Å². The van der Waals surface area contributed by atoms with Gasteiger partial charge in [0, 0.05) is 4.47 Å². The molecule has 2 aromatic rings. The summed E-state index contributed by atoms with van der Waals surface area (Å²) in [4.78, 5) is 0. The van der Waals surface area contributed by atoms with Crippen LogP contribution in [0.3, 0.4) is 0 Å². The van der Waals surface area contributed by atoms with Gasteiger partial charge >= 0.3 is 0 Å². The fraction of sp³-hybridized carbons (Fsp3) is 0. The van der Waals surface area contributed by atoms with Crippen LogP contribution < -0.4 is 5.32 Å². The van der Waals surface area contributed by atoms with Crippen LogP contribution in [0.25, 0.3) is 0 Å². The molecule has 0 saturated heterocycles. The lowest BCUT2D eigenvalue weighted by Gasteiger charge is -2.12. The zero-order chi connectivity index (χ0) is 14.0. The summed E-state index contributed by atoms with van der Waals surface area (Å²) in [5.41, 5.74) is 1.61. The predicted molar refractivity (Wildman–Crippen MR) is 78.6 cm³/mol. The minimum Gasteiger partial charge on any atom is -0.352 e. The van der Waals surface area contributed by atoms with Crippen molar-refractivity contribution in [3.8, 4) is 6.07 Å². The van der Waals surface area contributed by atoms with Crippen LogP contribution >= 0.6 is 39.1 Å². The van der Waals surface area contributed by atoms with Crippen LogP contribution in [0.5, 0.6) is 0 Å². The SMILES string of the molecule is N#Cc1ccc(Nc2c(Cl)cc(F)cc2Cl)c(Br)c1. The molecule has 0 aliphatic carbocycles. The van der Waals surface area contributed by atoms with Crippen molar-refractivity contribution in [2.45, 2.75) is 0 Å². The third-order valence-electron chi connectivity index (χ3n) is 2.36. The quantitative estimate of drug-likeness (QED) is 0.767. The van der Waals surface area contributed by atoms with Crippen molar-refractivity contribution in [2.75, 3.05) is 5.32 Å². The lowest BCUT2D eigenvalue weighted by Crippen LogP contribution is -1.95. The Kier molecular flexibility index (Phi) is 4.31. The minimum absolute atomic E-state index is 0.182. The predicted octanol–water partition coefficient (Wildman–Crippen LogP) is 5.51. The van der Waals surface area contributed by atoms with Crippen LogP contribution in [0.2, 0.25) is 10.0 Å². The number of benzene rings is 2. The van der Waals surface area contributed by atoms with E-state index in [2.05, 4.69) is 21.2 Å². The molecule has 2 nitrogen and oxygen atoms in total. The number of anilines is 2. The average Bonchev–Trinajstić information content (AvgIpc) is 2.35. The van der Waals surface area contributed by atoms with Gasteiger partial charge in [0.25, 0.3) is 0 Å². The van der Waals surface area contributed by atoms with Crippen molar-refractivity contribution in [3.63, 3.8) is 0 Å². The molecular formula is C13H6BrCl2FN2. The van der Waals surface area contributed by atoms with Gasteiger partial charge in [-0.05, 0) is 46.3 Å². The van der Waals surface area contributed by atoms with Gasteiger partial charge < -0.3 is 5.32 Å². The fourth-order valence-electron chi connectivity index (χ4n) is 1.48. The van der Waals surface area contributed by atoms with Gasteiger partial charge in [-0.3, -0.25) is 0 Å².